The van der Waals surface area contributed by atoms with E-state index in [2.05, 4.69) is 20.6 Å². The normalized spacial score (nSPS) is 18.0. The highest BCUT2D eigenvalue weighted by atomic mass is 127. The Kier molecular flexibility index (Phi) is 8.34. The van der Waals surface area contributed by atoms with E-state index in [4.69, 9.17) is 0 Å². The summed E-state index contributed by atoms with van der Waals surface area (Å²) < 4.78 is 62.1. The van der Waals surface area contributed by atoms with Gasteiger partial charge in [0.25, 0.3) is 0 Å². The Morgan fingerprint density at radius 1 is 1.44 bits per heavy atom. The molecule has 25 heavy (non-hydrogen) atoms. The van der Waals surface area contributed by atoms with Crippen molar-refractivity contribution in [2.45, 2.75) is 19.1 Å². The first-order valence-electron chi connectivity index (χ1n) is 7.16. The summed E-state index contributed by atoms with van der Waals surface area (Å²) in [6.45, 7) is 1.28. The molecule has 2 N–H and O–H groups in total. The molecule has 0 amide bonds. The molecule has 13 heteroatoms. The van der Waals surface area contributed by atoms with Crippen molar-refractivity contribution in [2.75, 3.05) is 32.4 Å². The van der Waals surface area contributed by atoms with Gasteiger partial charge in [-0.25, -0.2) is 17.7 Å². The zero-order valence-corrected chi connectivity index (χ0v) is 17.3. The number of alkyl halides is 3. The number of nitrogens with zero attached hydrogens (tertiary/aromatic N) is 3. The summed E-state index contributed by atoms with van der Waals surface area (Å²) in [5.74, 6) is 0.543. The lowest BCUT2D eigenvalue weighted by atomic mass is 10.5. The molecule has 2 rings (SSSR count). The summed E-state index contributed by atoms with van der Waals surface area (Å²) >= 11 is 0.909. The minimum Gasteiger partial charge on any atom is -0.355 e. The second kappa shape index (κ2) is 9.32. The fraction of sp³-hybridized carbons (Fsp3) is 0.667. The Hall–Kier alpha value is -0.670. The lowest BCUT2D eigenvalue weighted by Gasteiger charge is -2.16. The summed E-state index contributed by atoms with van der Waals surface area (Å²) in [6, 6.07) is 0. The monoisotopic (exact) mass is 513 g/mol. The van der Waals surface area contributed by atoms with Crippen LogP contribution in [-0.4, -0.2) is 56.1 Å². The molecule has 0 bridgehead atoms. The van der Waals surface area contributed by atoms with Crippen LogP contribution in [0.25, 0.3) is 0 Å². The molecule has 0 atom stereocenters. The van der Waals surface area contributed by atoms with E-state index in [0.717, 1.165) is 16.7 Å². The van der Waals surface area contributed by atoms with Crippen LogP contribution >= 0.6 is 35.3 Å². The third kappa shape index (κ3) is 6.53. The van der Waals surface area contributed by atoms with E-state index in [0.29, 0.717) is 32.0 Å². The fourth-order valence-corrected chi connectivity index (χ4v) is 4.41. The van der Waals surface area contributed by atoms with Gasteiger partial charge in [-0.05, 0) is 6.42 Å². The Labute approximate surface area is 165 Å². The number of guanidine groups is 1. The first kappa shape index (κ1) is 22.4. The van der Waals surface area contributed by atoms with Crippen LogP contribution in [0.3, 0.4) is 0 Å². The number of hydrogen-bond donors (Lipinski definition) is 2. The smallest absolute Gasteiger partial charge is 0.355 e. The molecule has 7 nitrogen and oxygen atoms in total. The summed E-state index contributed by atoms with van der Waals surface area (Å²) in [7, 11) is -1.62. The maximum atomic E-state index is 12.5. The molecule has 0 radical (unpaired) electrons. The molecule has 1 aliphatic heterocycles. The van der Waals surface area contributed by atoms with E-state index in [-0.39, 0.29) is 41.3 Å². The fourth-order valence-electron chi connectivity index (χ4n) is 2.14. The summed E-state index contributed by atoms with van der Waals surface area (Å²) in [5.41, 5.74) is -0.911. The lowest BCUT2D eigenvalue weighted by molar-refractivity contribution is -0.140. The van der Waals surface area contributed by atoms with Crippen LogP contribution in [0.2, 0.25) is 0 Å². The van der Waals surface area contributed by atoms with E-state index in [1.54, 1.807) is 0 Å². The molecule has 1 aromatic heterocycles. The average molecular weight is 513 g/mol. The molecule has 1 aromatic rings. The zero-order valence-electron chi connectivity index (χ0n) is 13.3. The van der Waals surface area contributed by atoms with E-state index >= 15 is 0 Å². The molecule has 0 spiro atoms. The molecular formula is C12H19F3IN5O2S2. The van der Waals surface area contributed by atoms with Gasteiger partial charge in [-0.2, -0.15) is 13.2 Å². The highest BCUT2D eigenvalue weighted by Gasteiger charge is 2.33. The number of aromatic nitrogens is 1. The third-order valence-corrected chi connectivity index (χ3v) is 6.14. The number of hydrogen-bond acceptors (Lipinski definition) is 5. The number of halogens is 4. The van der Waals surface area contributed by atoms with Gasteiger partial charge < -0.3 is 10.6 Å². The van der Waals surface area contributed by atoms with E-state index in [1.165, 1.54) is 11.4 Å². The second-order valence-corrected chi connectivity index (χ2v) is 8.08. The number of thiazole rings is 1. The largest absolute Gasteiger partial charge is 0.434 e. The molecule has 144 valence electrons. The predicted octanol–water partition coefficient (Wildman–Crippen LogP) is 1.48. The van der Waals surface area contributed by atoms with Crippen LogP contribution in [0.4, 0.5) is 13.2 Å². The molecule has 1 fully saturated rings. The molecule has 1 saturated heterocycles. The van der Waals surface area contributed by atoms with Crippen molar-refractivity contribution in [3.8, 4) is 0 Å². The van der Waals surface area contributed by atoms with Crippen molar-refractivity contribution in [3.63, 3.8) is 0 Å². The second-order valence-electron chi connectivity index (χ2n) is 5.05. The molecule has 2 heterocycles. The average Bonchev–Trinajstić information content (AvgIpc) is 3.09. The predicted molar refractivity (Wildman–Crippen MR) is 101 cm³/mol. The maximum absolute atomic E-state index is 12.5. The number of sulfonamides is 1. The van der Waals surface area contributed by atoms with Crippen molar-refractivity contribution >= 4 is 51.3 Å². The molecular weight excluding hydrogens is 494 g/mol. The Bertz CT molecular complexity index is 693. The van der Waals surface area contributed by atoms with Crippen molar-refractivity contribution < 1.29 is 21.6 Å². The SMILES string of the molecule is CN=C(NCCN1CCCS1(=O)=O)NCc1nc(C(F)(F)F)cs1.I. The van der Waals surface area contributed by atoms with Crippen LogP contribution in [0.5, 0.6) is 0 Å². The third-order valence-electron chi connectivity index (χ3n) is 3.33. The van der Waals surface area contributed by atoms with Gasteiger partial charge in [-0.15, -0.1) is 35.3 Å². The van der Waals surface area contributed by atoms with Crippen LogP contribution in [0.15, 0.2) is 10.4 Å². The van der Waals surface area contributed by atoms with Gasteiger partial charge in [0.2, 0.25) is 10.0 Å². The molecule has 0 saturated carbocycles. The molecule has 0 aliphatic carbocycles. The topological polar surface area (TPSA) is 86.7 Å². The molecule has 0 aromatic carbocycles. The Morgan fingerprint density at radius 2 is 2.16 bits per heavy atom. The lowest BCUT2D eigenvalue weighted by Crippen LogP contribution is -2.41. The standard InChI is InChI=1S/C12H18F3N5O2S2.HI/c1-16-11(17-3-5-20-4-2-6-24(20,21)22)18-7-10-19-9(8-23-10)12(13,14)15;/h8H,2-7H2,1H3,(H2,16,17,18);1H. The van der Waals surface area contributed by atoms with E-state index in [9.17, 15) is 21.6 Å². The highest BCUT2D eigenvalue weighted by Crippen LogP contribution is 2.29. The number of aliphatic imine (C=N–C) groups is 1. The first-order chi connectivity index (χ1) is 11.2. The van der Waals surface area contributed by atoms with Gasteiger partial charge in [-0.3, -0.25) is 4.99 Å². The van der Waals surface area contributed by atoms with Gasteiger partial charge in [0.05, 0.1) is 12.3 Å². The van der Waals surface area contributed by atoms with Gasteiger partial charge in [0, 0.05) is 32.1 Å². The maximum Gasteiger partial charge on any atom is 0.434 e. The van der Waals surface area contributed by atoms with Crippen molar-refractivity contribution in [3.05, 3.63) is 16.1 Å². The van der Waals surface area contributed by atoms with Crippen LogP contribution in [0, 0.1) is 0 Å². The van der Waals surface area contributed by atoms with Crippen LogP contribution in [-0.2, 0) is 22.7 Å². The number of nitrogens with one attached hydrogen (secondary N) is 2. The molecule has 0 unspecified atom stereocenters. The van der Waals surface area contributed by atoms with Crippen LogP contribution < -0.4 is 10.6 Å². The van der Waals surface area contributed by atoms with Crippen molar-refractivity contribution in [1.29, 1.82) is 0 Å². The number of rotatable bonds is 5. The van der Waals surface area contributed by atoms with Crippen LogP contribution in [0.1, 0.15) is 17.1 Å². The minimum absolute atomic E-state index is 0. The summed E-state index contributed by atoms with van der Waals surface area (Å²) in [6.07, 6.45) is -3.82. The van der Waals surface area contributed by atoms with Gasteiger partial charge >= 0.3 is 6.18 Å². The van der Waals surface area contributed by atoms with Crippen molar-refractivity contribution in [1.82, 2.24) is 19.9 Å². The van der Waals surface area contributed by atoms with E-state index in [1.807, 2.05) is 0 Å². The van der Waals surface area contributed by atoms with Gasteiger partial charge in [0.1, 0.15) is 5.01 Å². The van der Waals surface area contributed by atoms with Gasteiger partial charge in [-0.1, -0.05) is 0 Å². The van der Waals surface area contributed by atoms with Crippen molar-refractivity contribution in [2.24, 2.45) is 4.99 Å². The molecule has 1 aliphatic rings. The quantitative estimate of drug-likeness (QED) is 0.354. The zero-order chi connectivity index (χ0) is 17.8. The first-order valence-corrected chi connectivity index (χ1v) is 9.65. The Morgan fingerprint density at radius 3 is 2.68 bits per heavy atom. The summed E-state index contributed by atoms with van der Waals surface area (Å²) in [5, 5.41) is 7.03. The van der Waals surface area contributed by atoms with Gasteiger partial charge in [0.15, 0.2) is 11.7 Å². The summed E-state index contributed by atoms with van der Waals surface area (Å²) in [4.78, 5) is 7.45. The minimum atomic E-state index is -4.45. The van der Waals surface area contributed by atoms with E-state index < -0.39 is 21.9 Å². The highest BCUT2D eigenvalue weighted by molar-refractivity contribution is 14.0. The Balaban J connectivity index is 0.00000312.